The van der Waals surface area contributed by atoms with Crippen molar-refractivity contribution in [2.24, 2.45) is 11.8 Å². The second kappa shape index (κ2) is 10.0. The van der Waals surface area contributed by atoms with Gasteiger partial charge in [0.15, 0.2) is 0 Å². The molecular formula is C22H31N3O3S2. The molecule has 1 aromatic carbocycles. The molecule has 8 heteroatoms. The quantitative estimate of drug-likeness (QED) is 0.621. The Morgan fingerprint density at radius 3 is 2.43 bits per heavy atom. The number of benzene rings is 1. The molecule has 2 atom stereocenters. The van der Waals surface area contributed by atoms with E-state index in [1.165, 1.54) is 0 Å². The number of nitrogens with zero attached hydrogens (tertiary/aromatic N) is 2. The Hall–Kier alpha value is -1.77. The fraction of sp³-hybridized carbons (Fsp3) is 0.545. The molecule has 0 bridgehead atoms. The average Bonchev–Trinajstić information content (AvgIpc) is 3.12. The van der Waals surface area contributed by atoms with Crippen molar-refractivity contribution in [1.29, 1.82) is 0 Å². The van der Waals surface area contributed by atoms with Gasteiger partial charge >= 0.3 is 0 Å². The number of aryl methyl sites for hydroxylation is 2. The predicted octanol–water partition coefficient (Wildman–Crippen LogP) is 3.87. The summed E-state index contributed by atoms with van der Waals surface area (Å²) in [5.41, 5.74) is 1.53. The monoisotopic (exact) mass is 449 g/mol. The van der Waals surface area contributed by atoms with E-state index in [2.05, 4.69) is 24.1 Å². The third kappa shape index (κ3) is 5.89. The second-order valence-corrected chi connectivity index (χ2v) is 11.3. The van der Waals surface area contributed by atoms with Gasteiger partial charge in [-0.3, -0.25) is 4.79 Å². The number of aromatic nitrogens is 1. The van der Waals surface area contributed by atoms with E-state index in [0.717, 1.165) is 36.4 Å². The summed E-state index contributed by atoms with van der Waals surface area (Å²) in [7, 11) is -3.52. The number of hydrogen-bond acceptors (Lipinski definition) is 5. The maximum Gasteiger partial charge on any atom is 0.251 e. The third-order valence-electron chi connectivity index (χ3n) is 5.36. The molecule has 1 aromatic heterocycles. The zero-order chi connectivity index (χ0) is 21.7. The largest absolute Gasteiger partial charge is 0.352 e. The standard InChI is InChI=1S/C22H31N3O3S2/c1-16-12-17(2)14-25(13-16)30(27,28)20-9-7-19(8-10-20)22(26)23-11-5-4-6-21-24-18(3)15-29-21/h7-10,15-17H,4-6,11-14H2,1-3H3,(H,23,26). The SMILES string of the molecule is Cc1csc(CCCCNC(=O)c2ccc(S(=O)(=O)N3CC(C)CC(C)C3)cc2)n1. The molecule has 1 aliphatic heterocycles. The molecule has 1 amide bonds. The van der Waals surface area contributed by atoms with Crippen LogP contribution >= 0.6 is 11.3 Å². The van der Waals surface area contributed by atoms with Crippen molar-refractivity contribution in [3.63, 3.8) is 0 Å². The molecule has 0 radical (unpaired) electrons. The van der Waals surface area contributed by atoms with Gasteiger partial charge in [-0.2, -0.15) is 4.31 Å². The lowest BCUT2D eigenvalue weighted by Gasteiger charge is -2.34. The van der Waals surface area contributed by atoms with Gasteiger partial charge in [0.25, 0.3) is 5.91 Å². The van der Waals surface area contributed by atoms with E-state index in [1.807, 2.05) is 12.3 Å². The molecule has 3 rings (SSSR count). The molecular weight excluding hydrogens is 418 g/mol. The van der Waals surface area contributed by atoms with Crippen LogP contribution in [0, 0.1) is 18.8 Å². The van der Waals surface area contributed by atoms with Crippen molar-refractivity contribution in [3.8, 4) is 0 Å². The van der Waals surface area contributed by atoms with Crippen LogP contribution < -0.4 is 5.32 Å². The van der Waals surface area contributed by atoms with Gasteiger partial charge in [-0.1, -0.05) is 13.8 Å². The lowest BCUT2D eigenvalue weighted by atomic mass is 9.94. The highest BCUT2D eigenvalue weighted by Crippen LogP contribution is 2.26. The zero-order valence-electron chi connectivity index (χ0n) is 17.9. The Balaban J connectivity index is 1.50. The number of thiazole rings is 1. The molecule has 1 saturated heterocycles. The van der Waals surface area contributed by atoms with E-state index in [1.54, 1.807) is 39.9 Å². The van der Waals surface area contributed by atoms with Crippen molar-refractivity contribution >= 4 is 27.3 Å². The third-order valence-corrected chi connectivity index (χ3v) is 8.23. The molecule has 0 spiro atoms. The maximum atomic E-state index is 12.9. The van der Waals surface area contributed by atoms with Gasteiger partial charge in [-0.15, -0.1) is 11.3 Å². The second-order valence-electron chi connectivity index (χ2n) is 8.39. The van der Waals surface area contributed by atoms with Crippen molar-refractivity contribution < 1.29 is 13.2 Å². The topological polar surface area (TPSA) is 79.4 Å². The number of rotatable bonds is 8. The number of amides is 1. The highest BCUT2D eigenvalue weighted by atomic mass is 32.2. The van der Waals surface area contributed by atoms with Gasteiger partial charge in [0, 0.05) is 36.3 Å². The van der Waals surface area contributed by atoms with Crippen molar-refractivity contribution in [2.45, 2.75) is 51.3 Å². The van der Waals surface area contributed by atoms with E-state index in [0.29, 0.717) is 37.0 Å². The van der Waals surface area contributed by atoms with E-state index in [9.17, 15) is 13.2 Å². The van der Waals surface area contributed by atoms with Crippen LogP contribution in [0.25, 0.3) is 0 Å². The lowest BCUT2D eigenvalue weighted by Crippen LogP contribution is -2.42. The minimum absolute atomic E-state index is 0.177. The molecule has 2 heterocycles. The summed E-state index contributed by atoms with van der Waals surface area (Å²) in [5, 5.41) is 6.09. The molecule has 6 nitrogen and oxygen atoms in total. The summed E-state index contributed by atoms with van der Waals surface area (Å²) < 4.78 is 27.5. The number of carbonyl (C=O) groups excluding carboxylic acids is 1. The number of unbranched alkanes of at least 4 members (excludes halogenated alkanes) is 1. The summed E-state index contributed by atoms with van der Waals surface area (Å²) in [5.74, 6) is 0.533. The van der Waals surface area contributed by atoms with Crippen LogP contribution in [0.4, 0.5) is 0 Å². The number of nitrogens with one attached hydrogen (secondary N) is 1. The molecule has 0 saturated carbocycles. The van der Waals surface area contributed by atoms with Gasteiger partial charge in [0.05, 0.1) is 9.90 Å². The lowest BCUT2D eigenvalue weighted by molar-refractivity contribution is 0.0953. The first-order chi connectivity index (χ1) is 14.3. The van der Waals surface area contributed by atoms with Gasteiger partial charge < -0.3 is 5.32 Å². The first-order valence-corrected chi connectivity index (χ1v) is 12.9. The zero-order valence-corrected chi connectivity index (χ0v) is 19.6. The maximum absolute atomic E-state index is 12.9. The van der Waals surface area contributed by atoms with Crippen LogP contribution in [-0.4, -0.2) is 43.2 Å². The highest BCUT2D eigenvalue weighted by molar-refractivity contribution is 7.89. The van der Waals surface area contributed by atoms with Crippen LogP contribution in [0.3, 0.4) is 0 Å². The molecule has 30 heavy (non-hydrogen) atoms. The fourth-order valence-corrected chi connectivity index (χ4v) is 6.45. The van der Waals surface area contributed by atoms with Gasteiger partial charge in [-0.25, -0.2) is 13.4 Å². The van der Waals surface area contributed by atoms with Gasteiger partial charge in [-0.05, 0) is 68.7 Å². The molecule has 164 valence electrons. The van der Waals surface area contributed by atoms with Crippen molar-refractivity contribution in [3.05, 3.63) is 45.9 Å². The minimum Gasteiger partial charge on any atom is -0.352 e. The molecule has 2 aromatic rings. The van der Waals surface area contributed by atoms with Crippen LogP contribution in [0.15, 0.2) is 34.5 Å². The van der Waals surface area contributed by atoms with E-state index in [-0.39, 0.29) is 10.8 Å². The Morgan fingerprint density at radius 2 is 1.83 bits per heavy atom. The fourth-order valence-electron chi connectivity index (χ4n) is 3.95. The summed E-state index contributed by atoms with van der Waals surface area (Å²) in [6.45, 7) is 7.86. The van der Waals surface area contributed by atoms with E-state index >= 15 is 0 Å². The number of carbonyl (C=O) groups is 1. The van der Waals surface area contributed by atoms with Crippen LogP contribution in [0.2, 0.25) is 0 Å². The normalized spacial score (nSPS) is 20.2. The predicted molar refractivity (Wildman–Crippen MR) is 120 cm³/mol. The van der Waals surface area contributed by atoms with Crippen LogP contribution in [0.1, 0.15) is 54.2 Å². The van der Waals surface area contributed by atoms with Gasteiger partial charge in [0.2, 0.25) is 10.0 Å². The van der Waals surface area contributed by atoms with Crippen LogP contribution in [-0.2, 0) is 16.4 Å². The molecule has 1 N–H and O–H groups in total. The molecule has 0 aliphatic carbocycles. The van der Waals surface area contributed by atoms with Gasteiger partial charge in [0.1, 0.15) is 0 Å². The Bertz CT molecular complexity index is 944. The Kier molecular flexibility index (Phi) is 7.65. The highest BCUT2D eigenvalue weighted by Gasteiger charge is 2.31. The smallest absolute Gasteiger partial charge is 0.251 e. The Morgan fingerprint density at radius 1 is 1.17 bits per heavy atom. The first kappa shape index (κ1) is 22.9. The summed E-state index contributed by atoms with van der Waals surface area (Å²) >= 11 is 1.67. The average molecular weight is 450 g/mol. The van der Waals surface area contributed by atoms with E-state index < -0.39 is 10.0 Å². The van der Waals surface area contributed by atoms with Crippen molar-refractivity contribution in [2.75, 3.05) is 19.6 Å². The molecule has 1 aliphatic rings. The van der Waals surface area contributed by atoms with E-state index in [4.69, 9.17) is 0 Å². The molecule has 2 unspecified atom stereocenters. The number of sulfonamides is 1. The summed E-state index contributed by atoms with van der Waals surface area (Å²) in [4.78, 5) is 17.0. The number of hydrogen-bond donors (Lipinski definition) is 1. The summed E-state index contributed by atoms with van der Waals surface area (Å²) in [6, 6.07) is 6.27. The van der Waals surface area contributed by atoms with Crippen molar-refractivity contribution in [1.82, 2.24) is 14.6 Å². The molecule has 1 fully saturated rings. The van der Waals surface area contributed by atoms with Crippen LogP contribution in [0.5, 0.6) is 0 Å². The number of piperidine rings is 1. The first-order valence-electron chi connectivity index (χ1n) is 10.5. The summed E-state index contributed by atoms with van der Waals surface area (Å²) in [6.07, 6.45) is 3.82. The minimum atomic E-state index is -3.52. The Labute approximate surface area is 183 Å².